The van der Waals surface area contributed by atoms with Crippen LogP contribution in [-0.2, 0) is 6.42 Å². The van der Waals surface area contributed by atoms with Gasteiger partial charge in [0.15, 0.2) is 0 Å². The molecule has 166 valence electrons. The van der Waals surface area contributed by atoms with Gasteiger partial charge in [0, 0.05) is 50.4 Å². The maximum Gasteiger partial charge on any atom is 0.136 e. The van der Waals surface area contributed by atoms with Crippen molar-refractivity contribution in [1.29, 1.82) is 0 Å². The normalized spacial score (nSPS) is 18.3. The quantitative estimate of drug-likeness (QED) is 0.621. The van der Waals surface area contributed by atoms with Gasteiger partial charge in [0.25, 0.3) is 0 Å². The van der Waals surface area contributed by atoms with Crippen molar-refractivity contribution in [1.82, 2.24) is 14.9 Å². The van der Waals surface area contributed by atoms with Gasteiger partial charge >= 0.3 is 0 Å². The summed E-state index contributed by atoms with van der Waals surface area (Å²) in [5.41, 5.74) is 2.58. The van der Waals surface area contributed by atoms with Crippen molar-refractivity contribution in [3.8, 4) is 0 Å². The predicted octanol–water partition coefficient (Wildman–Crippen LogP) is 3.80. The van der Waals surface area contributed by atoms with Crippen LogP contribution in [0.1, 0.15) is 37.9 Å². The maximum absolute atomic E-state index is 14.3. The molecule has 6 heteroatoms. The van der Waals surface area contributed by atoms with E-state index in [1.54, 1.807) is 19.1 Å². The molecule has 5 nitrogen and oxygen atoms in total. The molecule has 2 heterocycles. The fraction of sp³-hybridized carbons (Fsp3) is 0.583. The molecule has 1 aromatic heterocycles. The minimum Gasteiger partial charge on any atom is -0.392 e. The number of allylic oxidation sites excluding steroid dienone is 5. The minimum atomic E-state index is -1.05. The molecule has 1 aliphatic rings. The number of β-amino-alcohol motifs (C(OH)–C–C–N with tert-alkyl or cyclic N) is 1. The Morgan fingerprint density at radius 2 is 1.80 bits per heavy atom. The van der Waals surface area contributed by atoms with Gasteiger partial charge in [-0.2, -0.15) is 0 Å². The highest BCUT2D eigenvalue weighted by atomic mass is 19.1. The van der Waals surface area contributed by atoms with Crippen molar-refractivity contribution in [3.05, 3.63) is 53.5 Å². The fourth-order valence-electron chi connectivity index (χ4n) is 3.60. The molecular weight excluding hydrogens is 379 g/mol. The molecular formula is C24H37FN4O. The van der Waals surface area contributed by atoms with E-state index in [0.717, 1.165) is 49.1 Å². The van der Waals surface area contributed by atoms with Crippen molar-refractivity contribution in [2.24, 2.45) is 5.92 Å². The summed E-state index contributed by atoms with van der Waals surface area (Å²) in [6.07, 6.45) is 6.24. The zero-order chi connectivity index (χ0) is 22.3. The molecule has 2 atom stereocenters. The van der Waals surface area contributed by atoms with Gasteiger partial charge in [0.05, 0.1) is 6.10 Å². The number of aliphatic hydroxyl groups is 1. The summed E-state index contributed by atoms with van der Waals surface area (Å²) >= 11 is 0. The van der Waals surface area contributed by atoms with Gasteiger partial charge < -0.3 is 10.0 Å². The van der Waals surface area contributed by atoms with Crippen molar-refractivity contribution in [3.63, 3.8) is 0 Å². The first kappa shape index (κ1) is 24.2. The van der Waals surface area contributed by atoms with Gasteiger partial charge in [-0.1, -0.05) is 44.7 Å². The molecule has 1 aliphatic heterocycles. The van der Waals surface area contributed by atoms with Crippen LogP contribution in [-0.4, -0.2) is 65.0 Å². The van der Waals surface area contributed by atoms with Gasteiger partial charge in [0.1, 0.15) is 17.8 Å². The Morgan fingerprint density at radius 1 is 1.13 bits per heavy atom. The van der Waals surface area contributed by atoms with Crippen LogP contribution in [0.3, 0.4) is 0 Å². The lowest BCUT2D eigenvalue weighted by Crippen LogP contribution is -2.49. The predicted molar refractivity (Wildman–Crippen MR) is 123 cm³/mol. The summed E-state index contributed by atoms with van der Waals surface area (Å²) in [7, 11) is 0. The molecule has 0 spiro atoms. The Hall–Kier alpha value is -2.05. The van der Waals surface area contributed by atoms with E-state index < -0.39 is 6.17 Å². The highest BCUT2D eigenvalue weighted by molar-refractivity contribution is 5.51. The van der Waals surface area contributed by atoms with Crippen molar-refractivity contribution >= 4 is 5.82 Å². The number of halogens is 1. The van der Waals surface area contributed by atoms with Crippen LogP contribution in [0.5, 0.6) is 0 Å². The standard InChI is InChI=1S/C24H37FN4O/c1-7-8-9-10-21(18(4)25)15-22-19(5)26-20(6)27-24(22)29-13-11-28(12-14-29)16-23(30)17(2)3/h7-10,17-18,23,30H,1,11-16H2,2-6H3/b9-8-,21-10-. The first-order valence-corrected chi connectivity index (χ1v) is 10.8. The van der Waals surface area contributed by atoms with E-state index in [1.807, 2.05) is 39.8 Å². The maximum atomic E-state index is 14.3. The first-order valence-electron chi connectivity index (χ1n) is 10.8. The number of hydrogen-bond acceptors (Lipinski definition) is 5. The van der Waals surface area contributed by atoms with E-state index in [9.17, 15) is 9.50 Å². The van der Waals surface area contributed by atoms with Crippen LogP contribution in [0.4, 0.5) is 10.2 Å². The molecule has 1 saturated heterocycles. The molecule has 0 bridgehead atoms. The average Bonchev–Trinajstić information content (AvgIpc) is 2.69. The lowest BCUT2D eigenvalue weighted by Gasteiger charge is -2.37. The zero-order valence-electron chi connectivity index (χ0n) is 19.1. The van der Waals surface area contributed by atoms with Gasteiger partial charge in [0.2, 0.25) is 0 Å². The Morgan fingerprint density at radius 3 is 2.37 bits per heavy atom. The summed E-state index contributed by atoms with van der Waals surface area (Å²) in [5, 5.41) is 10.2. The van der Waals surface area contributed by atoms with Crippen LogP contribution in [0.25, 0.3) is 0 Å². The fourth-order valence-corrected chi connectivity index (χ4v) is 3.60. The number of rotatable bonds is 9. The van der Waals surface area contributed by atoms with Crippen LogP contribution in [0.2, 0.25) is 0 Å². The Balaban J connectivity index is 2.22. The van der Waals surface area contributed by atoms with Gasteiger partial charge in [-0.15, -0.1) is 0 Å². The van der Waals surface area contributed by atoms with E-state index in [-0.39, 0.29) is 12.0 Å². The Bertz CT molecular complexity index is 765. The molecule has 1 fully saturated rings. The largest absolute Gasteiger partial charge is 0.392 e. The van der Waals surface area contributed by atoms with Crippen molar-refractivity contribution in [2.75, 3.05) is 37.6 Å². The lowest BCUT2D eigenvalue weighted by atomic mass is 9.99. The number of aliphatic hydroxyl groups excluding tert-OH is 1. The molecule has 0 amide bonds. The molecule has 2 rings (SSSR count). The SMILES string of the molecule is C=C/C=C\C=C(\Cc1c(C)nc(C)nc1N1CCN(CC(O)C(C)C)CC1)C(C)F. The second kappa shape index (κ2) is 11.4. The third kappa shape index (κ3) is 6.74. The van der Waals surface area contributed by atoms with E-state index in [4.69, 9.17) is 4.98 Å². The number of alkyl halides is 1. The Labute approximate surface area is 181 Å². The minimum absolute atomic E-state index is 0.254. The summed E-state index contributed by atoms with van der Waals surface area (Å²) in [6, 6.07) is 0. The molecule has 30 heavy (non-hydrogen) atoms. The zero-order valence-corrected chi connectivity index (χ0v) is 19.1. The van der Waals surface area contributed by atoms with E-state index >= 15 is 0 Å². The summed E-state index contributed by atoms with van der Waals surface area (Å²) in [6.45, 7) is 17.3. The van der Waals surface area contributed by atoms with Crippen molar-refractivity contribution in [2.45, 2.75) is 53.3 Å². The Kier molecular flexibility index (Phi) is 9.18. The smallest absolute Gasteiger partial charge is 0.136 e. The number of anilines is 1. The van der Waals surface area contributed by atoms with Gasteiger partial charge in [-0.3, -0.25) is 4.90 Å². The first-order chi connectivity index (χ1) is 14.2. The van der Waals surface area contributed by atoms with E-state index in [1.165, 1.54) is 0 Å². The van der Waals surface area contributed by atoms with E-state index in [2.05, 4.69) is 21.4 Å². The van der Waals surface area contributed by atoms with Crippen LogP contribution >= 0.6 is 0 Å². The number of hydrogen-bond donors (Lipinski definition) is 1. The highest BCUT2D eigenvalue weighted by Gasteiger charge is 2.25. The molecule has 0 radical (unpaired) electrons. The molecule has 0 saturated carbocycles. The summed E-state index contributed by atoms with van der Waals surface area (Å²) in [4.78, 5) is 13.9. The topological polar surface area (TPSA) is 52.5 Å². The molecule has 1 aromatic rings. The monoisotopic (exact) mass is 416 g/mol. The lowest BCUT2D eigenvalue weighted by molar-refractivity contribution is 0.0738. The molecule has 1 N–H and O–H groups in total. The molecule has 0 aliphatic carbocycles. The third-order valence-electron chi connectivity index (χ3n) is 5.64. The second-order valence-corrected chi connectivity index (χ2v) is 8.41. The number of aromatic nitrogens is 2. The molecule has 2 unspecified atom stereocenters. The molecule has 0 aromatic carbocycles. The second-order valence-electron chi connectivity index (χ2n) is 8.41. The summed E-state index contributed by atoms with van der Waals surface area (Å²) < 4.78 is 14.3. The summed E-state index contributed by atoms with van der Waals surface area (Å²) in [5.74, 6) is 1.89. The van der Waals surface area contributed by atoms with Crippen LogP contribution in [0, 0.1) is 19.8 Å². The number of piperazine rings is 1. The van der Waals surface area contributed by atoms with E-state index in [0.29, 0.717) is 18.5 Å². The van der Waals surface area contributed by atoms with Gasteiger partial charge in [-0.25, -0.2) is 14.4 Å². The average molecular weight is 417 g/mol. The third-order valence-corrected chi connectivity index (χ3v) is 5.64. The van der Waals surface area contributed by atoms with Crippen LogP contribution in [0.15, 0.2) is 36.5 Å². The van der Waals surface area contributed by atoms with Crippen molar-refractivity contribution < 1.29 is 9.50 Å². The van der Waals surface area contributed by atoms with Crippen LogP contribution < -0.4 is 4.90 Å². The highest BCUT2D eigenvalue weighted by Crippen LogP contribution is 2.26. The number of aryl methyl sites for hydroxylation is 2. The van der Waals surface area contributed by atoms with Gasteiger partial charge in [-0.05, 0) is 32.3 Å². The number of nitrogens with zero attached hydrogens (tertiary/aromatic N) is 4.